The Morgan fingerprint density at radius 2 is 1.29 bits per heavy atom. The molecule has 8 aromatic carbocycles. The Morgan fingerprint density at radius 3 is 2.04 bits per heavy atom. The van der Waals surface area contributed by atoms with Crippen molar-refractivity contribution in [2.75, 3.05) is 0 Å². The molecule has 0 fully saturated rings. The number of nitrogens with zero attached hydrogens (tertiary/aromatic N) is 5. The van der Waals surface area contributed by atoms with Crippen molar-refractivity contribution in [3.63, 3.8) is 0 Å². The number of rotatable bonds is 6. The maximum absolute atomic E-state index is 16.4. The number of benzene rings is 8. The number of para-hydroxylation sites is 1. The van der Waals surface area contributed by atoms with Crippen LogP contribution in [0.4, 0.5) is 8.78 Å². The molecule has 0 atom stereocenters. The number of imidazole rings is 1. The average Bonchev–Trinajstić information content (AvgIpc) is 4.14. The molecule has 5 aromatic heterocycles. The van der Waals surface area contributed by atoms with Crippen molar-refractivity contribution in [3.05, 3.63) is 204 Å². The summed E-state index contributed by atoms with van der Waals surface area (Å²) in [6.07, 6.45) is 1.73. The smallest absolute Gasteiger partial charge is 0.656 e. The van der Waals surface area contributed by atoms with Crippen molar-refractivity contribution in [3.8, 4) is 34.0 Å². The van der Waals surface area contributed by atoms with Crippen LogP contribution in [0, 0.1) is 13.0 Å². The van der Waals surface area contributed by atoms with Crippen molar-refractivity contribution in [1.29, 1.82) is 0 Å². The van der Waals surface area contributed by atoms with E-state index in [1.807, 2.05) is 34.9 Å². The topological polar surface area (TPSA) is 62.9 Å². The summed E-state index contributed by atoms with van der Waals surface area (Å²) in [6.45, 7) is 15.5. The van der Waals surface area contributed by atoms with E-state index in [4.69, 9.17) is 19.4 Å². The molecule has 0 saturated heterocycles. The van der Waals surface area contributed by atoms with Crippen molar-refractivity contribution in [2.45, 2.75) is 65.2 Å². The van der Waals surface area contributed by atoms with Crippen LogP contribution in [0.2, 0.25) is 0 Å². The van der Waals surface area contributed by atoms with Crippen molar-refractivity contribution >= 4 is 76.6 Å². The predicted octanol–water partition coefficient (Wildman–Crippen LogP) is 16.9. The number of aryl methyl sites for hydroxylation is 1. The number of furan rings is 1. The minimum absolute atomic E-state index is 0. The molecule has 5 heterocycles. The second-order valence-electron chi connectivity index (χ2n) is 21.3. The molecular formula is C64H49F2N5OPt. The Kier molecular flexibility index (Phi) is 10.6. The van der Waals surface area contributed by atoms with Gasteiger partial charge in [0.15, 0.2) is 0 Å². The Balaban J connectivity index is 0.00000543. The number of halogens is 2. The monoisotopic (exact) mass is 1140 g/mol. The molecule has 0 amide bonds. The summed E-state index contributed by atoms with van der Waals surface area (Å²) in [5.74, 6) is -1.89. The van der Waals surface area contributed by atoms with E-state index in [1.165, 1.54) is 23.8 Å². The molecule has 0 spiro atoms. The van der Waals surface area contributed by atoms with Crippen molar-refractivity contribution in [1.82, 2.24) is 24.1 Å². The van der Waals surface area contributed by atoms with Gasteiger partial charge in [-0.25, -0.2) is 9.97 Å². The summed E-state index contributed by atoms with van der Waals surface area (Å²) in [5, 5.41) is 5.70. The molecule has 0 radical (unpaired) electrons. The third-order valence-electron chi connectivity index (χ3n) is 14.5. The van der Waals surface area contributed by atoms with E-state index >= 15 is 8.78 Å². The molecule has 13 aromatic rings. The quantitative estimate of drug-likeness (QED) is 0.156. The summed E-state index contributed by atoms with van der Waals surface area (Å²) in [4.78, 5) is 16.0. The van der Waals surface area contributed by atoms with E-state index in [0.29, 0.717) is 11.3 Å². The maximum atomic E-state index is 16.4. The molecule has 0 aliphatic heterocycles. The molecule has 0 aliphatic rings. The molecule has 0 saturated carbocycles. The van der Waals surface area contributed by atoms with Gasteiger partial charge in [0.1, 0.15) is 22.8 Å². The van der Waals surface area contributed by atoms with Gasteiger partial charge in [-0.3, -0.25) is 4.57 Å². The molecule has 0 aliphatic carbocycles. The molecule has 13 rings (SSSR count). The Hall–Kier alpha value is -7.67. The fraction of sp³-hybridized carbons (Fsp3) is 0.156. The average molecular weight is 1140 g/mol. The summed E-state index contributed by atoms with van der Waals surface area (Å²) >= 11 is 0. The van der Waals surface area contributed by atoms with Crippen LogP contribution in [0.5, 0.6) is 0 Å². The molecule has 0 bridgehead atoms. The van der Waals surface area contributed by atoms with Crippen LogP contribution in [0.15, 0.2) is 174 Å². The molecule has 9 heteroatoms. The number of hydrogen-bond acceptors (Lipinski definition) is 3. The van der Waals surface area contributed by atoms with Crippen LogP contribution in [0.3, 0.4) is 0 Å². The van der Waals surface area contributed by atoms with Crippen LogP contribution in [-0.2, 0) is 37.8 Å². The van der Waals surface area contributed by atoms with Crippen LogP contribution < -0.4 is 4.98 Å². The summed E-state index contributed by atoms with van der Waals surface area (Å²) in [7, 11) is 0. The van der Waals surface area contributed by atoms with Crippen LogP contribution >= 0.6 is 0 Å². The Bertz CT molecular complexity index is 4320. The van der Waals surface area contributed by atoms with Crippen LogP contribution in [-0.4, -0.2) is 19.1 Å². The number of pyridine rings is 1. The summed E-state index contributed by atoms with van der Waals surface area (Å²) in [6, 6.07) is 56.8. The zero-order chi connectivity index (χ0) is 49.4. The van der Waals surface area contributed by atoms with E-state index < -0.39 is 5.92 Å². The zero-order valence-electron chi connectivity index (χ0n) is 41.4. The zero-order valence-corrected chi connectivity index (χ0v) is 43.7. The third kappa shape index (κ3) is 7.36. The number of fused-ring (bicyclic) bond motifs is 11. The number of aromatic nitrogens is 5. The first-order chi connectivity index (χ1) is 34.6. The Morgan fingerprint density at radius 1 is 0.575 bits per heavy atom. The van der Waals surface area contributed by atoms with Gasteiger partial charge in [-0.1, -0.05) is 161 Å². The minimum atomic E-state index is -3.23. The fourth-order valence-electron chi connectivity index (χ4n) is 10.7. The molecule has 0 N–H and O–H groups in total. The Labute approximate surface area is 435 Å². The van der Waals surface area contributed by atoms with E-state index in [1.54, 1.807) is 36.5 Å². The van der Waals surface area contributed by atoms with Gasteiger partial charge in [-0.2, -0.15) is 8.78 Å². The molecule has 73 heavy (non-hydrogen) atoms. The van der Waals surface area contributed by atoms with E-state index in [-0.39, 0.29) is 43.0 Å². The SMILES string of the molecule is Cc1ccc2[n-]c3c(-c4nc5c(-c6[c-]c7c(cc6)c6ccc(C(F)(F)c8ccccc8)cc6n7-c6ccccn6)cc(C(C)(C)C)cc5n4-c4ccc(C(C)(C)C)cc4)cc4c5ccccc5oc4c3c2c1.[Pt+2]. The van der Waals surface area contributed by atoms with Crippen LogP contribution in [0.1, 0.15) is 69.4 Å². The fourth-order valence-corrected chi connectivity index (χ4v) is 10.7. The maximum Gasteiger partial charge on any atom is 2.00 e. The van der Waals surface area contributed by atoms with Gasteiger partial charge in [-0.05, 0) is 93.7 Å². The molecule has 6 nitrogen and oxygen atoms in total. The number of hydrogen-bond donors (Lipinski definition) is 0. The summed E-state index contributed by atoms with van der Waals surface area (Å²) < 4.78 is 43.7. The summed E-state index contributed by atoms with van der Waals surface area (Å²) in [5.41, 5.74) is 12.9. The van der Waals surface area contributed by atoms with Gasteiger partial charge in [0.25, 0.3) is 5.92 Å². The van der Waals surface area contributed by atoms with Gasteiger partial charge in [0.2, 0.25) is 0 Å². The van der Waals surface area contributed by atoms with Gasteiger partial charge in [0, 0.05) is 50.2 Å². The second kappa shape index (κ2) is 16.7. The normalized spacial score (nSPS) is 12.6. The predicted molar refractivity (Wildman–Crippen MR) is 290 cm³/mol. The number of alkyl halides is 2. The second-order valence-corrected chi connectivity index (χ2v) is 21.3. The first-order valence-electron chi connectivity index (χ1n) is 24.5. The van der Waals surface area contributed by atoms with Crippen molar-refractivity contribution in [2.24, 2.45) is 0 Å². The first-order valence-corrected chi connectivity index (χ1v) is 24.5. The van der Waals surface area contributed by atoms with Gasteiger partial charge in [0.05, 0.1) is 11.0 Å². The standard InChI is InChI=1S/C64H49F2N5O.Pt/c1-37-20-29-51-49(31-37)57-59(68-51)50(36-48-46-17-11-12-18-55(46)72-60(48)57)61-69-58-47(33-42(63(5,6)7)35-54(58)70(61)43-25-22-39(23-26-43)62(2,3)4)38-21-27-44-45-28-24-41(64(65,66)40-15-9-8-10-16-40)34-53(45)71(52(44)32-38)56-19-13-14-30-67-56;/h8-31,33-36H,1-7H3;/q-2;+2. The van der Waals surface area contributed by atoms with E-state index in [9.17, 15) is 0 Å². The van der Waals surface area contributed by atoms with Crippen LogP contribution in [0.25, 0.3) is 111 Å². The van der Waals surface area contributed by atoms with Gasteiger partial charge >= 0.3 is 21.1 Å². The largest absolute Gasteiger partial charge is 2.00 e. The van der Waals surface area contributed by atoms with Crippen molar-refractivity contribution < 1.29 is 34.3 Å². The molecular weight excluding hydrogens is 1090 g/mol. The minimum Gasteiger partial charge on any atom is -0.656 e. The van der Waals surface area contributed by atoms with Gasteiger partial charge < -0.3 is 14.0 Å². The van der Waals surface area contributed by atoms with E-state index in [0.717, 1.165) is 110 Å². The molecule has 0 unspecified atom stereocenters. The first kappa shape index (κ1) is 46.4. The third-order valence-corrected chi connectivity index (χ3v) is 14.5. The van der Waals surface area contributed by atoms with Gasteiger partial charge in [-0.15, -0.1) is 34.8 Å². The van der Waals surface area contributed by atoms with E-state index in [2.05, 4.69) is 144 Å². The molecule has 360 valence electrons.